The molecule has 4 nitrogen and oxygen atoms in total. The van der Waals surface area contributed by atoms with E-state index in [4.69, 9.17) is 4.74 Å². The second-order valence-electron chi connectivity index (χ2n) is 5.27. The minimum Gasteiger partial charge on any atom is -0.495 e. The van der Waals surface area contributed by atoms with E-state index in [1.54, 1.807) is 7.11 Å². The maximum atomic E-state index is 12.1. The number of amides is 1. The topological polar surface area (TPSA) is 50.4 Å². The molecule has 1 unspecified atom stereocenters. The van der Waals surface area contributed by atoms with Gasteiger partial charge in [-0.1, -0.05) is 6.07 Å². The highest BCUT2D eigenvalue weighted by atomic mass is 16.5. The van der Waals surface area contributed by atoms with Gasteiger partial charge < -0.3 is 15.4 Å². The first-order chi connectivity index (χ1) is 9.10. The first-order valence-electron chi connectivity index (χ1n) is 6.76. The fourth-order valence-electron chi connectivity index (χ4n) is 2.59. The van der Waals surface area contributed by atoms with Gasteiger partial charge in [-0.05, 0) is 56.5 Å². The van der Waals surface area contributed by atoms with E-state index in [0.29, 0.717) is 12.3 Å². The van der Waals surface area contributed by atoms with E-state index >= 15 is 0 Å². The van der Waals surface area contributed by atoms with Crippen LogP contribution in [0.25, 0.3) is 0 Å². The van der Waals surface area contributed by atoms with Crippen molar-refractivity contribution < 1.29 is 9.53 Å². The van der Waals surface area contributed by atoms with E-state index in [1.165, 1.54) is 0 Å². The number of nitrogens with one attached hydrogen (secondary N) is 2. The van der Waals surface area contributed by atoms with Crippen molar-refractivity contribution in [2.45, 2.75) is 26.7 Å². The molecule has 1 aliphatic rings. The van der Waals surface area contributed by atoms with Crippen LogP contribution in [0, 0.1) is 19.8 Å². The molecule has 19 heavy (non-hydrogen) atoms. The number of hydrogen-bond donors (Lipinski definition) is 2. The van der Waals surface area contributed by atoms with Gasteiger partial charge in [0.25, 0.3) is 0 Å². The number of rotatable bonds is 4. The Morgan fingerprint density at radius 2 is 2.26 bits per heavy atom. The maximum Gasteiger partial charge on any atom is 0.224 e. The zero-order valence-corrected chi connectivity index (χ0v) is 11.9. The molecule has 1 atom stereocenters. The normalized spacial score (nSPS) is 18.4. The summed E-state index contributed by atoms with van der Waals surface area (Å²) < 4.78 is 5.35. The quantitative estimate of drug-likeness (QED) is 0.875. The van der Waals surface area contributed by atoms with Gasteiger partial charge in [-0.3, -0.25) is 4.79 Å². The summed E-state index contributed by atoms with van der Waals surface area (Å²) >= 11 is 0. The predicted molar refractivity (Wildman–Crippen MR) is 76.7 cm³/mol. The maximum absolute atomic E-state index is 12.1. The minimum absolute atomic E-state index is 0.0685. The number of methoxy groups -OCH3 is 1. The lowest BCUT2D eigenvalue weighted by molar-refractivity contribution is -0.117. The van der Waals surface area contributed by atoms with Crippen LogP contribution in [0.5, 0.6) is 5.75 Å². The van der Waals surface area contributed by atoms with Gasteiger partial charge in [0.15, 0.2) is 0 Å². The predicted octanol–water partition coefficient (Wildman–Crippen LogP) is 2.25. The molecular weight excluding hydrogens is 240 g/mol. The van der Waals surface area contributed by atoms with Crippen LogP contribution >= 0.6 is 0 Å². The SMILES string of the molecule is COc1cc(C)cc(C)c1NC(=O)CC1CCNC1. The average Bonchev–Trinajstić information content (AvgIpc) is 2.85. The van der Waals surface area contributed by atoms with Crippen LogP contribution in [0.2, 0.25) is 0 Å². The highest BCUT2D eigenvalue weighted by Gasteiger charge is 2.19. The molecule has 1 saturated heterocycles. The molecule has 0 aliphatic carbocycles. The number of ether oxygens (including phenoxy) is 1. The number of anilines is 1. The van der Waals surface area contributed by atoms with Crippen LogP contribution in [0.4, 0.5) is 5.69 Å². The van der Waals surface area contributed by atoms with E-state index < -0.39 is 0 Å². The number of carbonyl (C=O) groups is 1. The Kier molecular flexibility index (Phi) is 4.43. The summed E-state index contributed by atoms with van der Waals surface area (Å²) in [6, 6.07) is 4.00. The molecule has 0 radical (unpaired) electrons. The Hall–Kier alpha value is -1.55. The summed E-state index contributed by atoms with van der Waals surface area (Å²) in [5.74, 6) is 1.26. The molecule has 1 amide bonds. The fourth-order valence-corrected chi connectivity index (χ4v) is 2.59. The summed E-state index contributed by atoms with van der Waals surface area (Å²) in [5, 5.41) is 6.27. The van der Waals surface area contributed by atoms with Gasteiger partial charge in [-0.2, -0.15) is 0 Å². The Labute approximate surface area is 114 Å². The first-order valence-corrected chi connectivity index (χ1v) is 6.76. The molecule has 2 rings (SSSR count). The lowest BCUT2D eigenvalue weighted by Gasteiger charge is -2.15. The second-order valence-corrected chi connectivity index (χ2v) is 5.27. The first kappa shape index (κ1) is 13.9. The minimum atomic E-state index is 0.0685. The van der Waals surface area contributed by atoms with Crippen molar-refractivity contribution in [2.75, 3.05) is 25.5 Å². The molecule has 1 fully saturated rings. The highest BCUT2D eigenvalue weighted by molar-refractivity contribution is 5.93. The third-order valence-electron chi connectivity index (χ3n) is 3.56. The van der Waals surface area contributed by atoms with Gasteiger partial charge in [-0.15, -0.1) is 0 Å². The molecule has 4 heteroatoms. The number of benzene rings is 1. The summed E-state index contributed by atoms with van der Waals surface area (Å²) in [6.45, 7) is 5.97. The van der Waals surface area contributed by atoms with Crippen LogP contribution in [0.3, 0.4) is 0 Å². The van der Waals surface area contributed by atoms with Crippen molar-refractivity contribution in [1.82, 2.24) is 5.32 Å². The number of carbonyl (C=O) groups excluding carboxylic acids is 1. The number of aryl methyl sites for hydroxylation is 2. The van der Waals surface area contributed by atoms with Gasteiger partial charge in [0, 0.05) is 6.42 Å². The summed E-state index contributed by atoms with van der Waals surface area (Å²) in [6.07, 6.45) is 1.65. The summed E-state index contributed by atoms with van der Waals surface area (Å²) in [5.41, 5.74) is 2.96. The molecule has 0 aromatic heterocycles. The molecule has 1 heterocycles. The number of hydrogen-bond acceptors (Lipinski definition) is 3. The largest absolute Gasteiger partial charge is 0.495 e. The van der Waals surface area contributed by atoms with Crippen molar-refractivity contribution in [3.05, 3.63) is 23.3 Å². The van der Waals surface area contributed by atoms with Crippen LogP contribution in [-0.2, 0) is 4.79 Å². The second kappa shape index (κ2) is 6.06. The lowest BCUT2D eigenvalue weighted by Crippen LogP contribution is -2.19. The summed E-state index contributed by atoms with van der Waals surface area (Å²) in [7, 11) is 1.63. The van der Waals surface area contributed by atoms with Crippen molar-refractivity contribution in [1.29, 1.82) is 0 Å². The van der Waals surface area contributed by atoms with E-state index in [-0.39, 0.29) is 5.91 Å². The van der Waals surface area contributed by atoms with E-state index in [0.717, 1.165) is 42.1 Å². The molecule has 0 bridgehead atoms. The molecule has 1 aromatic rings. The zero-order valence-electron chi connectivity index (χ0n) is 11.9. The molecule has 104 valence electrons. The summed E-state index contributed by atoms with van der Waals surface area (Å²) in [4.78, 5) is 12.1. The molecule has 1 aromatic carbocycles. The lowest BCUT2D eigenvalue weighted by atomic mass is 10.0. The standard InChI is InChI=1S/C15H22N2O2/c1-10-6-11(2)15(13(7-10)19-3)17-14(18)8-12-4-5-16-9-12/h6-7,12,16H,4-5,8-9H2,1-3H3,(H,17,18). The fraction of sp³-hybridized carbons (Fsp3) is 0.533. The monoisotopic (exact) mass is 262 g/mol. The van der Waals surface area contributed by atoms with Crippen LogP contribution < -0.4 is 15.4 Å². The van der Waals surface area contributed by atoms with Gasteiger partial charge >= 0.3 is 0 Å². The van der Waals surface area contributed by atoms with Crippen molar-refractivity contribution >= 4 is 11.6 Å². The Morgan fingerprint density at radius 3 is 2.89 bits per heavy atom. The zero-order chi connectivity index (χ0) is 13.8. The van der Waals surface area contributed by atoms with Gasteiger partial charge in [-0.25, -0.2) is 0 Å². The third-order valence-corrected chi connectivity index (χ3v) is 3.56. The molecule has 2 N–H and O–H groups in total. The Balaban J connectivity index is 2.07. The van der Waals surface area contributed by atoms with Crippen molar-refractivity contribution in [3.8, 4) is 5.75 Å². The molecule has 0 saturated carbocycles. The van der Waals surface area contributed by atoms with Crippen LogP contribution in [-0.4, -0.2) is 26.1 Å². The van der Waals surface area contributed by atoms with E-state index in [2.05, 4.69) is 16.7 Å². The van der Waals surface area contributed by atoms with Crippen molar-refractivity contribution in [2.24, 2.45) is 5.92 Å². The smallest absolute Gasteiger partial charge is 0.224 e. The molecule has 1 aliphatic heterocycles. The van der Waals surface area contributed by atoms with E-state index in [9.17, 15) is 4.79 Å². The highest BCUT2D eigenvalue weighted by Crippen LogP contribution is 2.30. The van der Waals surface area contributed by atoms with E-state index in [1.807, 2.05) is 19.9 Å². The average molecular weight is 262 g/mol. The van der Waals surface area contributed by atoms with Gasteiger partial charge in [0.05, 0.1) is 12.8 Å². The Morgan fingerprint density at radius 1 is 1.47 bits per heavy atom. The van der Waals surface area contributed by atoms with Crippen LogP contribution in [0.1, 0.15) is 24.0 Å². The van der Waals surface area contributed by atoms with Gasteiger partial charge in [0.1, 0.15) is 5.75 Å². The molecular formula is C15H22N2O2. The third kappa shape index (κ3) is 3.47. The van der Waals surface area contributed by atoms with Gasteiger partial charge in [0.2, 0.25) is 5.91 Å². The van der Waals surface area contributed by atoms with Crippen molar-refractivity contribution in [3.63, 3.8) is 0 Å². The Bertz CT molecular complexity index is 465. The van der Waals surface area contributed by atoms with Crippen LogP contribution in [0.15, 0.2) is 12.1 Å². The molecule has 0 spiro atoms.